The molecule has 0 radical (unpaired) electrons. The van der Waals surface area contributed by atoms with Gasteiger partial charge in [0.15, 0.2) is 61.4 Å². The third kappa shape index (κ3) is 17.9. The van der Waals surface area contributed by atoms with Crippen LogP contribution >= 0.6 is 34.8 Å². The SMILES string of the molecule is CC(=O)OC[C@H]1O[C@@H](OC[C@H]2O[C@@H](OC[C@H]3OC(OC(=N)C(Cl)(Cl)Cl)[C@H](OC(C)=O)[C@@H](OC(C)=O)[C@@H]3OC(C)=O)[C@H](OC(C)=O)[C@@H](OC(C)=O)[C@@H]2OC(C)=O)[C@H](OC(C)=O)[C@@H](OC(C)=O)[C@@H]1OC(C)=O. The fourth-order valence-electron chi connectivity index (χ4n) is 7.09. The Morgan fingerprint density at radius 3 is 0.871 bits per heavy atom. The molecule has 3 aliphatic rings. The number of alkyl halides is 3. The molecule has 3 aliphatic heterocycles. The van der Waals surface area contributed by atoms with Crippen LogP contribution in [0.3, 0.4) is 0 Å². The van der Waals surface area contributed by atoms with Gasteiger partial charge in [0, 0.05) is 69.2 Å². The summed E-state index contributed by atoms with van der Waals surface area (Å²) in [7, 11) is 0. The molecule has 394 valence electrons. The standard InChI is InChI=1S/C40H52Cl3NO26/c1-14(45)55-11-24-27(58-15(2)46)30(61-18(5)49)33(64-21(8)52)36(67-24)56-12-25-28(59-16(3)47)31(62-19(6)50)34(65-22(9)53)37(68-25)57-13-26-29(60-17(4)48)32(63-20(7)51)35(66-23(10)54)38(69-26)70-39(44)40(41,42)43/h24-38,44H,11-13H2,1-10H3/t24-,25-,26-,27-,28-,29-,30+,31+,32+,33-,34-,35-,36-,37-,38?/m1/s1. The maximum Gasteiger partial charge on any atom is 0.303 e. The van der Waals surface area contributed by atoms with Gasteiger partial charge in [-0.3, -0.25) is 53.4 Å². The zero-order valence-electron chi connectivity index (χ0n) is 39.0. The van der Waals surface area contributed by atoms with Crippen molar-refractivity contribution in [1.82, 2.24) is 0 Å². The molecule has 0 aromatic rings. The summed E-state index contributed by atoms with van der Waals surface area (Å²) in [5.41, 5.74) is 0. The van der Waals surface area contributed by atoms with Gasteiger partial charge in [-0.1, -0.05) is 34.8 Å². The number of halogens is 3. The Morgan fingerprint density at radius 2 is 0.600 bits per heavy atom. The minimum Gasteiger partial charge on any atom is -0.463 e. The van der Waals surface area contributed by atoms with Crippen LogP contribution in [0.5, 0.6) is 0 Å². The highest BCUT2D eigenvalue weighted by molar-refractivity contribution is 6.76. The minimum absolute atomic E-state index is 0.642. The molecule has 3 rings (SSSR count). The first-order valence-electron chi connectivity index (χ1n) is 20.7. The van der Waals surface area contributed by atoms with Gasteiger partial charge in [-0.15, -0.1) is 0 Å². The lowest BCUT2D eigenvalue weighted by Crippen LogP contribution is -2.66. The molecule has 0 spiro atoms. The molecule has 1 unspecified atom stereocenters. The van der Waals surface area contributed by atoms with Crippen LogP contribution in [0.2, 0.25) is 0 Å². The lowest BCUT2D eigenvalue weighted by atomic mass is 9.96. The molecule has 1 N–H and O–H groups in total. The molecule has 0 aliphatic carbocycles. The second-order valence-corrected chi connectivity index (χ2v) is 17.5. The first kappa shape index (κ1) is 59.2. The van der Waals surface area contributed by atoms with Crippen molar-refractivity contribution in [2.75, 3.05) is 19.8 Å². The Balaban J connectivity index is 2.18. The number of rotatable bonds is 18. The van der Waals surface area contributed by atoms with E-state index in [-0.39, 0.29) is 0 Å². The average Bonchev–Trinajstić information content (AvgIpc) is 3.19. The Hall–Kier alpha value is -5.16. The molecular formula is C40H52Cl3NO26. The lowest BCUT2D eigenvalue weighted by Gasteiger charge is -2.47. The van der Waals surface area contributed by atoms with Crippen molar-refractivity contribution in [3.05, 3.63) is 0 Å². The normalized spacial score (nSPS) is 30.7. The fourth-order valence-corrected chi connectivity index (χ4v) is 7.23. The van der Waals surface area contributed by atoms with E-state index in [1.54, 1.807) is 0 Å². The molecular weight excluding hydrogens is 1020 g/mol. The van der Waals surface area contributed by atoms with E-state index in [2.05, 4.69) is 0 Å². The van der Waals surface area contributed by atoms with Crippen molar-refractivity contribution >= 4 is 100 Å². The molecule has 0 amide bonds. The Labute approximate surface area is 413 Å². The van der Waals surface area contributed by atoms with Crippen molar-refractivity contribution in [2.24, 2.45) is 0 Å². The summed E-state index contributed by atoms with van der Waals surface area (Å²) in [5, 5.41) is 8.18. The lowest BCUT2D eigenvalue weighted by molar-refractivity contribution is -0.342. The smallest absolute Gasteiger partial charge is 0.303 e. The van der Waals surface area contributed by atoms with E-state index in [1.807, 2.05) is 0 Å². The van der Waals surface area contributed by atoms with Crippen LogP contribution in [-0.2, 0) is 124 Å². The third-order valence-electron chi connectivity index (χ3n) is 9.28. The van der Waals surface area contributed by atoms with Crippen molar-refractivity contribution in [3.8, 4) is 0 Å². The van der Waals surface area contributed by atoms with E-state index in [0.29, 0.717) is 0 Å². The van der Waals surface area contributed by atoms with Gasteiger partial charge >= 0.3 is 59.7 Å². The number of carbonyl (C=O) groups is 10. The molecule has 0 aromatic carbocycles. The number of carbonyl (C=O) groups excluding carboxylic acids is 10. The summed E-state index contributed by atoms with van der Waals surface area (Å²) in [4.78, 5) is 124. The molecule has 3 saturated heterocycles. The van der Waals surface area contributed by atoms with Crippen LogP contribution in [0, 0.1) is 5.41 Å². The van der Waals surface area contributed by atoms with Crippen LogP contribution in [0.1, 0.15) is 69.2 Å². The van der Waals surface area contributed by atoms with Gasteiger partial charge in [0.2, 0.25) is 18.3 Å². The molecule has 30 heteroatoms. The Bertz CT molecular complexity index is 1960. The first-order chi connectivity index (χ1) is 32.5. The van der Waals surface area contributed by atoms with Crippen LogP contribution in [-0.4, -0.2) is 181 Å². The average molecular weight is 1070 g/mol. The minimum atomic E-state index is -2.54. The van der Waals surface area contributed by atoms with E-state index >= 15 is 0 Å². The summed E-state index contributed by atoms with van der Waals surface area (Å²) in [5.74, 6) is -10.8. The van der Waals surface area contributed by atoms with Gasteiger partial charge in [-0.05, 0) is 0 Å². The molecule has 70 heavy (non-hydrogen) atoms. The van der Waals surface area contributed by atoms with Gasteiger partial charge in [0.1, 0.15) is 24.9 Å². The molecule has 3 heterocycles. The number of esters is 10. The van der Waals surface area contributed by atoms with E-state index in [4.69, 9.17) is 116 Å². The van der Waals surface area contributed by atoms with Crippen LogP contribution < -0.4 is 0 Å². The Kier molecular flexibility index (Phi) is 22.3. The predicted molar refractivity (Wildman–Crippen MR) is 224 cm³/mol. The van der Waals surface area contributed by atoms with Crippen molar-refractivity contribution in [3.63, 3.8) is 0 Å². The van der Waals surface area contributed by atoms with E-state index < -0.39 is 181 Å². The molecule has 27 nitrogen and oxygen atoms in total. The highest BCUT2D eigenvalue weighted by Gasteiger charge is 2.58. The third-order valence-corrected chi connectivity index (χ3v) is 9.80. The largest absolute Gasteiger partial charge is 0.463 e. The van der Waals surface area contributed by atoms with Crippen LogP contribution in [0.15, 0.2) is 0 Å². The summed E-state index contributed by atoms with van der Waals surface area (Å²) >= 11 is 17.5. The highest BCUT2D eigenvalue weighted by Crippen LogP contribution is 2.37. The van der Waals surface area contributed by atoms with E-state index in [9.17, 15) is 47.9 Å². The van der Waals surface area contributed by atoms with Crippen molar-refractivity contribution in [1.29, 1.82) is 5.41 Å². The van der Waals surface area contributed by atoms with Gasteiger partial charge in [0.25, 0.3) is 3.79 Å². The molecule has 0 saturated carbocycles. The van der Waals surface area contributed by atoms with E-state index in [0.717, 1.165) is 69.2 Å². The van der Waals surface area contributed by atoms with Gasteiger partial charge in [0.05, 0.1) is 13.2 Å². The number of hydrogen-bond donors (Lipinski definition) is 1. The zero-order chi connectivity index (χ0) is 52.9. The maximum absolute atomic E-state index is 12.7. The second kappa shape index (κ2) is 26.3. The summed E-state index contributed by atoms with van der Waals surface area (Å²) in [6, 6.07) is 0. The molecule has 0 aromatic heterocycles. The number of hydrogen-bond acceptors (Lipinski definition) is 27. The molecule has 0 bridgehead atoms. The van der Waals surface area contributed by atoms with E-state index in [1.165, 1.54) is 0 Å². The molecule has 3 fully saturated rings. The quantitative estimate of drug-likeness (QED) is 0.0642. The first-order valence-corrected chi connectivity index (χ1v) is 21.8. The maximum atomic E-state index is 12.7. The fraction of sp³-hybridized carbons (Fsp3) is 0.725. The Morgan fingerprint density at radius 1 is 0.357 bits per heavy atom. The summed E-state index contributed by atoms with van der Waals surface area (Å²) in [6.45, 7) is 7.37. The highest BCUT2D eigenvalue weighted by atomic mass is 35.6. The monoisotopic (exact) mass is 1070 g/mol. The zero-order valence-corrected chi connectivity index (χ0v) is 41.3. The second-order valence-electron chi connectivity index (χ2n) is 15.2. The summed E-state index contributed by atoms with van der Waals surface area (Å²) < 4.78 is 87.4. The number of ether oxygens (including phenoxy) is 16. The predicted octanol–water partition coefficient (Wildman–Crippen LogP) is 0.507. The van der Waals surface area contributed by atoms with Crippen LogP contribution in [0.25, 0.3) is 0 Å². The number of nitrogens with one attached hydrogen (secondary N) is 1. The van der Waals surface area contributed by atoms with Crippen LogP contribution in [0.4, 0.5) is 0 Å². The van der Waals surface area contributed by atoms with Gasteiger partial charge in [-0.2, -0.15) is 0 Å². The van der Waals surface area contributed by atoms with Gasteiger partial charge in [-0.25, -0.2) is 0 Å². The van der Waals surface area contributed by atoms with Gasteiger partial charge < -0.3 is 75.8 Å². The topological polar surface area (TPSA) is 342 Å². The molecule has 15 atom stereocenters. The van der Waals surface area contributed by atoms with Crippen molar-refractivity contribution in [2.45, 2.75) is 165 Å². The summed E-state index contributed by atoms with van der Waals surface area (Å²) in [6.07, 6.45) is -26.5. The van der Waals surface area contributed by atoms with Crippen molar-refractivity contribution < 1.29 is 124 Å².